The zero-order valence-corrected chi connectivity index (χ0v) is 22.8. The van der Waals surface area contributed by atoms with Crippen molar-refractivity contribution in [2.45, 2.75) is 52.8 Å². The average molecular weight is 550 g/mol. The highest BCUT2D eigenvalue weighted by molar-refractivity contribution is 6.08. The number of benzene rings is 1. The Bertz CT molecular complexity index is 1560. The second kappa shape index (κ2) is 11.5. The Morgan fingerprint density at radius 3 is 2.58 bits per heavy atom. The number of carbonyl (C=O) groups is 1. The fraction of sp³-hybridized carbons (Fsp3) is 0.367. The molecule has 4 heterocycles. The van der Waals surface area contributed by atoms with Gasteiger partial charge in [-0.3, -0.25) is 9.59 Å². The maximum Gasteiger partial charge on any atom is 0.387 e. The quantitative estimate of drug-likeness (QED) is 0.309. The van der Waals surface area contributed by atoms with Crippen LogP contribution in [0.4, 0.5) is 14.6 Å². The number of hydrogen-bond donors (Lipinski definition) is 2. The number of piperidine rings is 1. The Balaban J connectivity index is 1.38. The molecule has 210 valence electrons. The number of aromatic nitrogens is 3. The number of pyridine rings is 2. The summed E-state index contributed by atoms with van der Waals surface area (Å²) >= 11 is 0. The number of carbonyl (C=O) groups excluding carboxylic acids is 1. The summed E-state index contributed by atoms with van der Waals surface area (Å²) in [7, 11) is 0. The van der Waals surface area contributed by atoms with E-state index in [1.807, 2.05) is 55.6 Å². The lowest BCUT2D eigenvalue weighted by atomic mass is 9.90. The lowest BCUT2D eigenvalue weighted by Gasteiger charge is -2.36. The number of hydrogen-bond acceptors (Lipinski definition) is 5. The van der Waals surface area contributed by atoms with Gasteiger partial charge in [0.1, 0.15) is 11.6 Å². The third-order valence-electron chi connectivity index (χ3n) is 7.86. The topological polar surface area (TPSA) is 92.2 Å². The summed E-state index contributed by atoms with van der Waals surface area (Å²) in [6.07, 6.45) is 3.80. The number of nitrogens with zero attached hydrogens (tertiary/aromatic N) is 3. The van der Waals surface area contributed by atoms with Crippen LogP contribution < -0.4 is 20.5 Å². The molecule has 3 aromatic heterocycles. The summed E-state index contributed by atoms with van der Waals surface area (Å²) in [5.74, 6) is 0.768. The van der Waals surface area contributed by atoms with Crippen LogP contribution in [0, 0.1) is 19.8 Å². The zero-order chi connectivity index (χ0) is 28.4. The summed E-state index contributed by atoms with van der Waals surface area (Å²) in [5.41, 5.74) is 2.03. The standard InChI is InChI=1S/C30H33F2N5O3/c1-18-16-25(40-30(31)32)23(28(38)35-18)17-34-29(39)27-20(3)37(24-9-5-4-8-22(24)27)19(2)21-11-14-36(15-12-21)26-10-6-7-13-33-26/h4-10,13,16,19,21,30H,11-12,14-15,17H2,1-3H3,(H,34,39)(H,35,38). The van der Waals surface area contributed by atoms with Crippen molar-refractivity contribution in [3.8, 4) is 5.75 Å². The smallest absolute Gasteiger partial charge is 0.387 e. The van der Waals surface area contributed by atoms with Gasteiger partial charge in [0.05, 0.1) is 17.7 Å². The van der Waals surface area contributed by atoms with Crippen molar-refractivity contribution < 1.29 is 18.3 Å². The molecular weight excluding hydrogens is 516 g/mol. The molecule has 40 heavy (non-hydrogen) atoms. The van der Waals surface area contributed by atoms with E-state index >= 15 is 0 Å². The van der Waals surface area contributed by atoms with E-state index in [4.69, 9.17) is 0 Å². The summed E-state index contributed by atoms with van der Waals surface area (Å²) in [6.45, 7) is 4.17. The number of alkyl halides is 2. The van der Waals surface area contributed by atoms with E-state index in [2.05, 4.69) is 36.4 Å². The van der Waals surface area contributed by atoms with Gasteiger partial charge in [0.2, 0.25) is 0 Å². The molecule has 1 aromatic carbocycles. The molecule has 4 aromatic rings. The number of ether oxygens (including phenoxy) is 1. The molecule has 5 rings (SSSR count). The van der Waals surface area contributed by atoms with E-state index in [1.54, 1.807) is 6.92 Å². The highest BCUT2D eigenvalue weighted by Crippen LogP contribution is 2.36. The van der Waals surface area contributed by atoms with E-state index in [0.29, 0.717) is 17.2 Å². The van der Waals surface area contributed by atoms with Crippen LogP contribution >= 0.6 is 0 Å². The van der Waals surface area contributed by atoms with Gasteiger partial charge in [-0.1, -0.05) is 24.3 Å². The van der Waals surface area contributed by atoms with Gasteiger partial charge in [-0.25, -0.2) is 4.98 Å². The number of H-pyrrole nitrogens is 1. The minimum atomic E-state index is -3.09. The lowest BCUT2D eigenvalue weighted by Crippen LogP contribution is -2.36. The van der Waals surface area contributed by atoms with Crippen LogP contribution in [0.1, 0.15) is 53.1 Å². The maximum absolute atomic E-state index is 13.5. The largest absolute Gasteiger partial charge is 0.434 e. The maximum atomic E-state index is 13.5. The van der Waals surface area contributed by atoms with Gasteiger partial charge in [-0.2, -0.15) is 8.78 Å². The van der Waals surface area contributed by atoms with Crippen molar-refractivity contribution in [2.75, 3.05) is 18.0 Å². The first-order chi connectivity index (χ1) is 19.2. The van der Waals surface area contributed by atoms with Crippen LogP contribution in [-0.4, -0.2) is 40.1 Å². The molecule has 0 spiro atoms. The monoisotopic (exact) mass is 549 g/mol. The van der Waals surface area contributed by atoms with E-state index in [-0.39, 0.29) is 29.8 Å². The van der Waals surface area contributed by atoms with Gasteiger partial charge in [0.15, 0.2) is 0 Å². The number of aryl methyl sites for hydroxylation is 1. The molecule has 1 aliphatic rings. The Kier molecular flexibility index (Phi) is 7.86. The summed E-state index contributed by atoms with van der Waals surface area (Å²) in [5, 5.41) is 3.57. The van der Waals surface area contributed by atoms with Crippen LogP contribution in [0.3, 0.4) is 0 Å². The molecule has 8 nitrogen and oxygen atoms in total. The van der Waals surface area contributed by atoms with E-state index in [0.717, 1.165) is 48.3 Å². The third kappa shape index (κ3) is 5.43. The number of halogens is 2. The highest BCUT2D eigenvalue weighted by Gasteiger charge is 2.29. The van der Waals surface area contributed by atoms with Crippen molar-refractivity contribution in [2.24, 2.45) is 5.92 Å². The zero-order valence-electron chi connectivity index (χ0n) is 22.8. The summed E-state index contributed by atoms with van der Waals surface area (Å²) < 4.78 is 32.7. The van der Waals surface area contributed by atoms with Crippen LogP contribution in [0.2, 0.25) is 0 Å². The Morgan fingerprint density at radius 1 is 1.15 bits per heavy atom. The summed E-state index contributed by atoms with van der Waals surface area (Å²) in [4.78, 5) is 35.4. The predicted molar refractivity (Wildman–Crippen MR) is 150 cm³/mol. The minimum Gasteiger partial charge on any atom is -0.434 e. The van der Waals surface area contributed by atoms with Crippen molar-refractivity contribution in [3.05, 3.63) is 87.6 Å². The average Bonchev–Trinajstić information content (AvgIpc) is 3.24. The first kappa shape index (κ1) is 27.4. The highest BCUT2D eigenvalue weighted by atomic mass is 19.3. The first-order valence-electron chi connectivity index (χ1n) is 13.5. The van der Waals surface area contributed by atoms with Gasteiger partial charge < -0.3 is 24.5 Å². The van der Waals surface area contributed by atoms with Crippen molar-refractivity contribution in [3.63, 3.8) is 0 Å². The molecule has 0 radical (unpaired) electrons. The minimum absolute atomic E-state index is 0.0614. The molecule has 1 saturated heterocycles. The van der Waals surface area contributed by atoms with Gasteiger partial charge in [-0.15, -0.1) is 0 Å². The molecule has 2 N–H and O–H groups in total. The third-order valence-corrected chi connectivity index (χ3v) is 7.86. The van der Waals surface area contributed by atoms with Gasteiger partial charge >= 0.3 is 6.61 Å². The lowest BCUT2D eigenvalue weighted by molar-refractivity contribution is -0.0506. The summed E-state index contributed by atoms with van der Waals surface area (Å²) in [6, 6.07) is 15.2. The number of nitrogens with one attached hydrogen (secondary N) is 2. The van der Waals surface area contributed by atoms with Gasteiger partial charge in [0.25, 0.3) is 11.5 Å². The van der Waals surface area contributed by atoms with Crippen LogP contribution in [0.15, 0.2) is 59.5 Å². The molecule has 1 fully saturated rings. The van der Waals surface area contributed by atoms with E-state index in [9.17, 15) is 18.4 Å². The molecule has 1 aliphatic heterocycles. The van der Waals surface area contributed by atoms with Crippen molar-refractivity contribution >= 4 is 22.6 Å². The van der Waals surface area contributed by atoms with E-state index in [1.165, 1.54) is 6.07 Å². The Labute approximate surface area is 231 Å². The molecule has 1 atom stereocenters. The van der Waals surface area contributed by atoms with Crippen LogP contribution in [0.5, 0.6) is 5.75 Å². The molecule has 1 amide bonds. The van der Waals surface area contributed by atoms with Crippen LogP contribution in [0.25, 0.3) is 10.9 Å². The fourth-order valence-corrected chi connectivity index (χ4v) is 5.88. The van der Waals surface area contributed by atoms with Crippen molar-refractivity contribution in [1.29, 1.82) is 0 Å². The molecule has 0 bridgehead atoms. The normalized spacial score (nSPS) is 15.0. The number of amides is 1. The number of fused-ring (bicyclic) bond motifs is 1. The van der Waals surface area contributed by atoms with Crippen molar-refractivity contribution in [1.82, 2.24) is 19.9 Å². The SMILES string of the molecule is Cc1cc(OC(F)F)c(CNC(=O)c2c(C)n(C(C)C3CCN(c4ccccn4)CC3)c3ccccc23)c(=O)[nH]1. The second-order valence-corrected chi connectivity index (χ2v) is 10.3. The first-order valence-corrected chi connectivity index (χ1v) is 13.5. The number of aromatic amines is 1. The molecule has 0 aliphatic carbocycles. The Morgan fingerprint density at radius 2 is 1.88 bits per heavy atom. The molecular formula is C30H33F2N5O3. The van der Waals surface area contributed by atoms with Gasteiger partial charge in [-0.05, 0) is 57.7 Å². The second-order valence-electron chi connectivity index (χ2n) is 10.3. The molecule has 10 heteroatoms. The molecule has 1 unspecified atom stereocenters. The Hall–Kier alpha value is -4.21. The van der Waals surface area contributed by atoms with E-state index < -0.39 is 12.2 Å². The number of rotatable bonds is 8. The molecule has 0 saturated carbocycles. The predicted octanol–water partition coefficient (Wildman–Crippen LogP) is 5.35. The van der Waals surface area contributed by atoms with Crippen LogP contribution in [-0.2, 0) is 6.54 Å². The number of para-hydroxylation sites is 1. The number of anilines is 1. The van der Waals surface area contributed by atoms with Gasteiger partial charge in [0, 0.05) is 53.7 Å². The fourth-order valence-electron chi connectivity index (χ4n) is 5.88.